The fraction of sp³-hybridized carbons (Fsp3) is 0.231. The minimum atomic E-state index is -1.19. The first-order valence-electron chi connectivity index (χ1n) is 11.0. The summed E-state index contributed by atoms with van der Waals surface area (Å²) < 4.78 is 5.74. The van der Waals surface area contributed by atoms with E-state index in [9.17, 15) is 14.4 Å². The molecule has 1 aliphatic heterocycles. The van der Waals surface area contributed by atoms with Gasteiger partial charge in [0.1, 0.15) is 24.1 Å². The SMILES string of the molecule is CC(C)C(=O)C1C(=O)C(=O)N(c2ccc(-c3ccsc3)cc2)C1c1ccccc1OC/C(N)=N\O. The second-order valence-corrected chi connectivity index (χ2v) is 9.28. The molecule has 1 saturated heterocycles. The molecule has 0 radical (unpaired) electrons. The molecule has 3 aromatic rings. The number of anilines is 1. The summed E-state index contributed by atoms with van der Waals surface area (Å²) in [6.45, 7) is 3.20. The Labute approximate surface area is 206 Å². The molecule has 35 heavy (non-hydrogen) atoms. The number of rotatable bonds is 8. The zero-order valence-corrected chi connectivity index (χ0v) is 20.1. The Morgan fingerprint density at radius 2 is 1.83 bits per heavy atom. The van der Waals surface area contributed by atoms with Crippen molar-refractivity contribution in [1.82, 2.24) is 0 Å². The Morgan fingerprint density at radius 1 is 1.11 bits per heavy atom. The maximum Gasteiger partial charge on any atom is 0.295 e. The van der Waals surface area contributed by atoms with Crippen LogP contribution in [0.3, 0.4) is 0 Å². The third-order valence-electron chi connectivity index (χ3n) is 5.92. The Bertz CT molecular complexity index is 1270. The summed E-state index contributed by atoms with van der Waals surface area (Å²) in [5, 5.41) is 15.8. The average Bonchev–Trinajstić information content (AvgIpc) is 3.49. The Balaban J connectivity index is 1.81. The normalized spacial score (nSPS) is 18.4. The summed E-state index contributed by atoms with van der Waals surface area (Å²) in [5.74, 6) is -3.28. The second kappa shape index (κ2) is 10.1. The van der Waals surface area contributed by atoms with Gasteiger partial charge >= 0.3 is 0 Å². The molecule has 0 spiro atoms. The number of ketones is 2. The van der Waals surface area contributed by atoms with Crippen LogP contribution in [0.25, 0.3) is 11.1 Å². The van der Waals surface area contributed by atoms with Crippen molar-refractivity contribution >= 4 is 40.3 Å². The van der Waals surface area contributed by atoms with Gasteiger partial charge in [-0.05, 0) is 46.2 Å². The molecule has 180 valence electrons. The molecular weight excluding hydrogens is 466 g/mol. The highest BCUT2D eigenvalue weighted by Gasteiger charge is 2.53. The van der Waals surface area contributed by atoms with Crippen LogP contribution < -0.4 is 15.4 Å². The maximum absolute atomic E-state index is 13.3. The first kappa shape index (κ1) is 24.2. The topological polar surface area (TPSA) is 122 Å². The van der Waals surface area contributed by atoms with Crippen LogP contribution in [-0.2, 0) is 14.4 Å². The van der Waals surface area contributed by atoms with Gasteiger partial charge in [-0.3, -0.25) is 19.3 Å². The molecule has 0 bridgehead atoms. The van der Waals surface area contributed by atoms with E-state index < -0.39 is 29.6 Å². The first-order chi connectivity index (χ1) is 16.8. The second-order valence-electron chi connectivity index (χ2n) is 8.50. The van der Waals surface area contributed by atoms with Gasteiger partial charge in [-0.1, -0.05) is 49.3 Å². The Morgan fingerprint density at radius 3 is 2.46 bits per heavy atom. The highest BCUT2D eigenvalue weighted by molar-refractivity contribution is 7.08. The predicted molar refractivity (Wildman–Crippen MR) is 134 cm³/mol. The van der Waals surface area contributed by atoms with E-state index in [1.807, 2.05) is 29.0 Å². The lowest BCUT2D eigenvalue weighted by Gasteiger charge is -2.29. The summed E-state index contributed by atoms with van der Waals surface area (Å²) in [4.78, 5) is 41.0. The van der Waals surface area contributed by atoms with Crippen LogP contribution in [0.15, 0.2) is 70.5 Å². The van der Waals surface area contributed by atoms with Crippen LogP contribution in [0.4, 0.5) is 5.69 Å². The van der Waals surface area contributed by atoms with E-state index in [1.54, 1.807) is 61.6 Å². The molecule has 3 N–H and O–H groups in total. The predicted octanol–water partition coefficient (Wildman–Crippen LogP) is 4.04. The van der Waals surface area contributed by atoms with Gasteiger partial charge in [0, 0.05) is 17.2 Å². The molecule has 1 amide bonds. The lowest BCUT2D eigenvalue weighted by Crippen LogP contribution is -2.32. The molecule has 4 rings (SSSR count). The number of nitrogens with two attached hydrogens (primary N) is 1. The van der Waals surface area contributed by atoms with E-state index >= 15 is 0 Å². The third kappa shape index (κ3) is 4.67. The van der Waals surface area contributed by atoms with Crippen molar-refractivity contribution in [2.75, 3.05) is 11.5 Å². The number of thiophene rings is 1. The minimum absolute atomic E-state index is 0.144. The van der Waals surface area contributed by atoms with Crippen molar-refractivity contribution in [3.8, 4) is 16.9 Å². The number of para-hydroxylation sites is 1. The molecular formula is C26H25N3O5S. The van der Waals surface area contributed by atoms with Crippen molar-refractivity contribution in [2.45, 2.75) is 19.9 Å². The number of hydrogen-bond donors (Lipinski definition) is 2. The Kier molecular flexibility index (Phi) is 6.97. The number of ether oxygens (including phenoxy) is 1. The van der Waals surface area contributed by atoms with Crippen LogP contribution in [-0.4, -0.2) is 35.1 Å². The fourth-order valence-electron chi connectivity index (χ4n) is 4.19. The molecule has 1 aliphatic rings. The number of amides is 1. The summed E-state index contributed by atoms with van der Waals surface area (Å²) in [6.07, 6.45) is 0. The van der Waals surface area contributed by atoms with Crippen molar-refractivity contribution in [2.24, 2.45) is 22.7 Å². The molecule has 0 saturated carbocycles. The van der Waals surface area contributed by atoms with E-state index in [0.717, 1.165) is 11.1 Å². The summed E-state index contributed by atoms with van der Waals surface area (Å²) in [6, 6.07) is 15.2. The number of carbonyl (C=O) groups is 3. The van der Waals surface area contributed by atoms with Crippen molar-refractivity contribution in [1.29, 1.82) is 0 Å². The van der Waals surface area contributed by atoms with Crippen LogP contribution in [0.2, 0.25) is 0 Å². The van der Waals surface area contributed by atoms with Crippen LogP contribution >= 0.6 is 11.3 Å². The molecule has 0 aliphatic carbocycles. The first-order valence-corrected chi connectivity index (χ1v) is 12.0. The zero-order chi connectivity index (χ0) is 25.1. The molecule has 8 nitrogen and oxygen atoms in total. The van der Waals surface area contributed by atoms with Gasteiger partial charge in [-0.15, -0.1) is 0 Å². The van der Waals surface area contributed by atoms with Gasteiger partial charge in [0.25, 0.3) is 5.91 Å². The van der Waals surface area contributed by atoms with E-state index in [2.05, 4.69) is 5.16 Å². The molecule has 1 fully saturated rings. The maximum atomic E-state index is 13.3. The smallest absolute Gasteiger partial charge is 0.295 e. The van der Waals surface area contributed by atoms with Gasteiger partial charge in [0.15, 0.2) is 5.84 Å². The molecule has 9 heteroatoms. The number of benzene rings is 2. The quantitative estimate of drug-likeness (QED) is 0.122. The van der Waals surface area contributed by atoms with Gasteiger partial charge in [0.05, 0.1) is 6.04 Å². The number of oxime groups is 1. The van der Waals surface area contributed by atoms with E-state index in [4.69, 9.17) is 15.7 Å². The lowest BCUT2D eigenvalue weighted by molar-refractivity contribution is -0.139. The van der Waals surface area contributed by atoms with Gasteiger partial charge < -0.3 is 15.7 Å². The number of nitrogens with zero attached hydrogens (tertiary/aromatic N) is 2. The zero-order valence-electron chi connectivity index (χ0n) is 19.3. The van der Waals surface area contributed by atoms with E-state index in [0.29, 0.717) is 17.0 Å². The van der Waals surface area contributed by atoms with Crippen LogP contribution in [0.1, 0.15) is 25.5 Å². The summed E-state index contributed by atoms with van der Waals surface area (Å²) in [5.41, 5.74) is 8.57. The average molecular weight is 492 g/mol. The highest BCUT2D eigenvalue weighted by atomic mass is 32.1. The molecule has 2 unspecified atom stereocenters. The number of amidine groups is 1. The summed E-state index contributed by atoms with van der Waals surface area (Å²) in [7, 11) is 0. The van der Waals surface area contributed by atoms with Crippen molar-refractivity contribution < 1.29 is 24.3 Å². The van der Waals surface area contributed by atoms with Gasteiger partial charge in [-0.2, -0.15) is 11.3 Å². The van der Waals surface area contributed by atoms with Gasteiger partial charge in [-0.25, -0.2) is 0 Å². The van der Waals surface area contributed by atoms with Gasteiger partial charge in [0.2, 0.25) is 5.78 Å². The van der Waals surface area contributed by atoms with Crippen molar-refractivity contribution in [3.63, 3.8) is 0 Å². The number of carbonyl (C=O) groups excluding carboxylic acids is 3. The largest absolute Gasteiger partial charge is 0.485 e. The van der Waals surface area contributed by atoms with Crippen LogP contribution in [0, 0.1) is 11.8 Å². The molecule has 1 aromatic heterocycles. The summed E-state index contributed by atoms with van der Waals surface area (Å²) >= 11 is 1.58. The Hall–Kier alpha value is -3.98. The lowest BCUT2D eigenvalue weighted by atomic mass is 9.84. The molecule has 2 aromatic carbocycles. The third-order valence-corrected chi connectivity index (χ3v) is 6.61. The molecule has 2 heterocycles. The minimum Gasteiger partial charge on any atom is -0.485 e. The van der Waals surface area contributed by atoms with E-state index in [1.165, 1.54) is 4.90 Å². The molecule has 2 atom stereocenters. The van der Waals surface area contributed by atoms with Crippen molar-refractivity contribution in [3.05, 3.63) is 70.9 Å². The standard InChI is InChI=1S/C26H25N3O5S/c1-15(2)24(30)22-23(19-5-3-4-6-20(19)34-13-21(27)28-33)29(26(32)25(22)31)18-9-7-16(8-10-18)17-11-12-35-14-17/h3-12,14-15,22-23,33H,13H2,1-2H3,(H2,27,28). The monoisotopic (exact) mass is 491 g/mol. The fourth-order valence-corrected chi connectivity index (χ4v) is 4.86. The number of hydrogen-bond acceptors (Lipinski definition) is 7. The van der Waals surface area contributed by atoms with E-state index in [-0.39, 0.29) is 18.2 Å². The highest BCUT2D eigenvalue weighted by Crippen LogP contribution is 2.44. The number of Topliss-reactive ketones (excluding diaryl/α,β-unsaturated/α-hetero) is 2. The van der Waals surface area contributed by atoms with Crippen LogP contribution in [0.5, 0.6) is 5.75 Å².